The molecule has 2 atom stereocenters. The molecule has 0 radical (unpaired) electrons. The monoisotopic (exact) mass is 272 g/mol. The van der Waals surface area contributed by atoms with E-state index in [0.717, 1.165) is 19.4 Å². The Bertz CT molecular complexity index is 278. The summed E-state index contributed by atoms with van der Waals surface area (Å²) in [6.07, 6.45) is 2.17. The minimum atomic E-state index is -3.22. The zero-order valence-electron chi connectivity index (χ0n) is 9.73. The molecule has 0 aliphatic carbocycles. The number of hydrogen-bond donors (Lipinski definition) is 2. The van der Waals surface area contributed by atoms with Crippen LogP contribution >= 0.6 is 12.4 Å². The van der Waals surface area contributed by atoms with Crippen LogP contribution in [0.25, 0.3) is 0 Å². The normalized spacial score (nSPS) is 22.8. The van der Waals surface area contributed by atoms with E-state index in [2.05, 4.69) is 10.0 Å². The fraction of sp³-hybridized carbons (Fsp3) is 1.00. The molecule has 16 heavy (non-hydrogen) atoms. The standard InChI is InChI=1S/C9H20N2O3S.ClH/c1-8(7-14-2)15(12,13)11-6-9-4-3-5-10-9;/h8-11H,3-7H2,1-2H3;1H. The van der Waals surface area contributed by atoms with Gasteiger partial charge in [-0.15, -0.1) is 12.4 Å². The van der Waals surface area contributed by atoms with Crippen LogP contribution in [-0.2, 0) is 14.8 Å². The Morgan fingerprint density at radius 3 is 2.75 bits per heavy atom. The number of nitrogens with one attached hydrogen (secondary N) is 2. The number of halogens is 1. The van der Waals surface area contributed by atoms with Crippen molar-refractivity contribution in [1.29, 1.82) is 0 Å². The molecule has 1 heterocycles. The Labute approximate surface area is 104 Å². The van der Waals surface area contributed by atoms with Crippen molar-refractivity contribution in [3.8, 4) is 0 Å². The van der Waals surface area contributed by atoms with Crippen molar-refractivity contribution in [2.24, 2.45) is 0 Å². The van der Waals surface area contributed by atoms with Crippen LogP contribution in [0, 0.1) is 0 Å². The van der Waals surface area contributed by atoms with Crippen LogP contribution in [-0.4, -0.2) is 46.5 Å². The topological polar surface area (TPSA) is 67.4 Å². The summed E-state index contributed by atoms with van der Waals surface area (Å²) >= 11 is 0. The van der Waals surface area contributed by atoms with Crippen LogP contribution in [0.3, 0.4) is 0 Å². The van der Waals surface area contributed by atoms with Gasteiger partial charge in [0.15, 0.2) is 0 Å². The third kappa shape index (κ3) is 4.97. The second kappa shape index (κ2) is 7.45. The van der Waals surface area contributed by atoms with E-state index in [1.165, 1.54) is 7.11 Å². The van der Waals surface area contributed by atoms with E-state index < -0.39 is 15.3 Å². The molecule has 1 saturated heterocycles. The summed E-state index contributed by atoms with van der Waals surface area (Å²) in [5.41, 5.74) is 0. The van der Waals surface area contributed by atoms with Crippen LogP contribution in [0.5, 0.6) is 0 Å². The highest BCUT2D eigenvalue weighted by Crippen LogP contribution is 2.05. The lowest BCUT2D eigenvalue weighted by Gasteiger charge is -2.15. The van der Waals surface area contributed by atoms with Crippen LogP contribution < -0.4 is 10.0 Å². The first kappa shape index (κ1) is 16.1. The largest absolute Gasteiger partial charge is 0.383 e. The summed E-state index contributed by atoms with van der Waals surface area (Å²) in [5.74, 6) is 0. The van der Waals surface area contributed by atoms with E-state index >= 15 is 0 Å². The van der Waals surface area contributed by atoms with Gasteiger partial charge in [-0.25, -0.2) is 13.1 Å². The highest BCUT2D eigenvalue weighted by atomic mass is 35.5. The Kier molecular flexibility index (Phi) is 7.50. The van der Waals surface area contributed by atoms with Gasteiger partial charge in [-0.2, -0.15) is 0 Å². The van der Waals surface area contributed by atoms with E-state index in [-0.39, 0.29) is 25.1 Å². The maximum Gasteiger partial charge on any atom is 0.216 e. The Morgan fingerprint density at radius 2 is 2.25 bits per heavy atom. The van der Waals surface area contributed by atoms with Gasteiger partial charge in [0, 0.05) is 19.7 Å². The molecule has 0 spiro atoms. The SMILES string of the molecule is COCC(C)S(=O)(=O)NCC1CCCN1.Cl. The number of ether oxygens (including phenoxy) is 1. The first-order chi connectivity index (χ1) is 7.06. The second-order valence-electron chi connectivity index (χ2n) is 3.95. The van der Waals surface area contributed by atoms with Gasteiger partial charge >= 0.3 is 0 Å². The summed E-state index contributed by atoms with van der Waals surface area (Å²) in [4.78, 5) is 0. The molecule has 1 fully saturated rings. The lowest BCUT2D eigenvalue weighted by Crippen LogP contribution is -2.41. The third-order valence-corrected chi connectivity index (χ3v) is 4.39. The van der Waals surface area contributed by atoms with Gasteiger partial charge in [0.2, 0.25) is 10.0 Å². The second-order valence-corrected chi connectivity index (χ2v) is 6.14. The van der Waals surface area contributed by atoms with Gasteiger partial charge in [0.25, 0.3) is 0 Å². The smallest absolute Gasteiger partial charge is 0.216 e. The first-order valence-electron chi connectivity index (χ1n) is 5.27. The Morgan fingerprint density at radius 1 is 1.56 bits per heavy atom. The third-order valence-electron chi connectivity index (χ3n) is 2.62. The molecule has 1 rings (SSSR count). The molecule has 1 aliphatic rings. The van der Waals surface area contributed by atoms with E-state index in [1.807, 2.05) is 0 Å². The summed E-state index contributed by atoms with van der Waals surface area (Å²) in [5, 5.41) is 2.75. The predicted octanol–water partition coefficient (Wildman–Crippen LogP) is 0.115. The highest BCUT2D eigenvalue weighted by Gasteiger charge is 2.22. The molecule has 7 heteroatoms. The quantitative estimate of drug-likeness (QED) is 0.721. The Hall–Kier alpha value is 0.120. The minimum Gasteiger partial charge on any atom is -0.383 e. The molecule has 98 valence electrons. The molecular formula is C9H21ClN2O3S. The average molecular weight is 273 g/mol. The van der Waals surface area contributed by atoms with Crippen molar-refractivity contribution >= 4 is 22.4 Å². The number of hydrogen-bond acceptors (Lipinski definition) is 4. The van der Waals surface area contributed by atoms with Crippen LogP contribution in [0.15, 0.2) is 0 Å². The van der Waals surface area contributed by atoms with Gasteiger partial charge in [-0.1, -0.05) is 0 Å². The zero-order chi connectivity index (χ0) is 11.3. The van der Waals surface area contributed by atoms with Crippen LogP contribution in [0.2, 0.25) is 0 Å². The molecule has 0 aromatic heterocycles. The van der Waals surface area contributed by atoms with E-state index in [0.29, 0.717) is 6.54 Å². The van der Waals surface area contributed by atoms with Crippen LogP contribution in [0.1, 0.15) is 19.8 Å². The zero-order valence-corrected chi connectivity index (χ0v) is 11.4. The van der Waals surface area contributed by atoms with Gasteiger partial charge in [-0.05, 0) is 26.3 Å². The van der Waals surface area contributed by atoms with Crippen molar-refractivity contribution in [1.82, 2.24) is 10.0 Å². The molecule has 2 unspecified atom stereocenters. The highest BCUT2D eigenvalue weighted by molar-refractivity contribution is 7.90. The van der Waals surface area contributed by atoms with Crippen molar-refractivity contribution in [2.45, 2.75) is 31.1 Å². The molecule has 0 aromatic rings. The molecule has 1 aliphatic heterocycles. The maximum atomic E-state index is 11.7. The summed E-state index contributed by atoms with van der Waals surface area (Å²) in [6.45, 7) is 3.34. The number of sulfonamides is 1. The predicted molar refractivity (Wildman–Crippen MR) is 66.5 cm³/mol. The number of methoxy groups -OCH3 is 1. The fourth-order valence-corrected chi connectivity index (χ4v) is 2.65. The molecule has 0 bridgehead atoms. The molecule has 0 amide bonds. The van der Waals surface area contributed by atoms with E-state index in [9.17, 15) is 8.42 Å². The number of rotatable bonds is 6. The van der Waals surface area contributed by atoms with Gasteiger partial charge in [0.1, 0.15) is 0 Å². The minimum absolute atomic E-state index is 0. The van der Waals surface area contributed by atoms with Crippen molar-refractivity contribution in [2.75, 3.05) is 26.8 Å². The maximum absolute atomic E-state index is 11.7. The van der Waals surface area contributed by atoms with Gasteiger partial charge < -0.3 is 10.1 Å². The first-order valence-corrected chi connectivity index (χ1v) is 6.81. The van der Waals surface area contributed by atoms with Crippen molar-refractivity contribution < 1.29 is 13.2 Å². The van der Waals surface area contributed by atoms with Crippen LogP contribution in [0.4, 0.5) is 0 Å². The molecule has 0 aromatic carbocycles. The summed E-state index contributed by atoms with van der Waals surface area (Å²) < 4.78 is 30.8. The molecule has 0 saturated carbocycles. The molecule has 5 nitrogen and oxygen atoms in total. The summed E-state index contributed by atoms with van der Waals surface area (Å²) in [6, 6.07) is 0.287. The van der Waals surface area contributed by atoms with Gasteiger partial charge in [-0.3, -0.25) is 0 Å². The van der Waals surface area contributed by atoms with E-state index in [1.54, 1.807) is 6.92 Å². The molecular weight excluding hydrogens is 252 g/mol. The van der Waals surface area contributed by atoms with E-state index in [4.69, 9.17) is 4.74 Å². The fourth-order valence-electron chi connectivity index (χ4n) is 1.61. The van der Waals surface area contributed by atoms with Gasteiger partial charge in [0.05, 0.1) is 11.9 Å². The average Bonchev–Trinajstić information content (AvgIpc) is 2.68. The Balaban J connectivity index is 0.00000225. The van der Waals surface area contributed by atoms with Crippen molar-refractivity contribution in [3.63, 3.8) is 0 Å². The molecule has 2 N–H and O–H groups in total. The summed E-state index contributed by atoms with van der Waals surface area (Å²) in [7, 11) is -1.72. The lowest BCUT2D eigenvalue weighted by atomic mass is 10.2. The lowest BCUT2D eigenvalue weighted by molar-refractivity contribution is 0.200. The van der Waals surface area contributed by atoms with Crippen molar-refractivity contribution in [3.05, 3.63) is 0 Å².